The predicted octanol–water partition coefficient (Wildman–Crippen LogP) is 1.90. The molecule has 0 saturated heterocycles. The Morgan fingerprint density at radius 3 is 2.65 bits per heavy atom. The van der Waals surface area contributed by atoms with Gasteiger partial charge in [-0.1, -0.05) is 0 Å². The van der Waals surface area contributed by atoms with Crippen molar-refractivity contribution >= 4 is 0 Å². The van der Waals surface area contributed by atoms with Crippen LogP contribution in [0.3, 0.4) is 0 Å². The monoisotopic (exact) mass is 230 g/mol. The zero-order valence-corrected chi connectivity index (χ0v) is 10.3. The van der Waals surface area contributed by atoms with Gasteiger partial charge in [-0.25, -0.2) is 0 Å². The first-order valence-corrected chi connectivity index (χ1v) is 5.92. The van der Waals surface area contributed by atoms with Gasteiger partial charge in [0, 0.05) is 43.3 Å². The highest BCUT2D eigenvalue weighted by Gasteiger charge is 2.03. The second-order valence-corrected chi connectivity index (χ2v) is 4.03. The van der Waals surface area contributed by atoms with E-state index in [1.54, 1.807) is 0 Å². The van der Waals surface area contributed by atoms with Crippen LogP contribution in [-0.2, 0) is 19.6 Å². The number of hydrogen-bond donors (Lipinski definition) is 1. The van der Waals surface area contributed by atoms with Crippen molar-refractivity contribution in [3.8, 4) is 0 Å². The van der Waals surface area contributed by atoms with Crippen LogP contribution in [0.2, 0.25) is 0 Å². The Hall–Kier alpha value is -1.68. The highest BCUT2D eigenvalue weighted by atomic mass is 15.3. The number of aryl methyl sites for hydroxylation is 1. The van der Waals surface area contributed by atoms with Crippen LogP contribution >= 0.6 is 0 Å². The summed E-state index contributed by atoms with van der Waals surface area (Å²) in [5.41, 5.74) is 3.76. The lowest BCUT2D eigenvalue weighted by molar-refractivity contribution is 0.633. The molecule has 0 atom stereocenters. The fourth-order valence-corrected chi connectivity index (χ4v) is 1.82. The summed E-state index contributed by atoms with van der Waals surface area (Å²) in [5.74, 6) is 0. The Bertz CT molecular complexity index is 462. The highest BCUT2D eigenvalue weighted by Crippen LogP contribution is 2.07. The van der Waals surface area contributed by atoms with Gasteiger partial charge in [0.05, 0.1) is 6.20 Å². The number of nitrogens with one attached hydrogen (secondary N) is 1. The van der Waals surface area contributed by atoms with Crippen molar-refractivity contribution < 1.29 is 0 Å². The van der Waals surface area contributed by atoms with Crippen LogP contribution < -0.4 is 5.32 Å². The van der Waals surface area contributed by atoms with Gasteiger partial charge < -0.3 is 5.32 Å². The Morgan fingerprint density at radius 2 is 2.00 bits per heavy atom. The van der Waals surface area contributed by atoms with Gasteiger partial charge in [0.15, 0.2) is 0 Å². The van der Waals surface area contributed by atoms with Crippen LogP contribution in [0.25, 0.3) is 0 Å². The molecule has 2 rings (SSSR count). The second-order valence-electron chi connectivity index (χ2n) is 4.03. The summed E-state index contributed by atoms with van der Waals surface area (Å²) in [6, 6.07) is 4.05. The van der Waals surface area contributed by atoms with E-state index in [1.165, 1.54) is 16.8 Å². The molecule has 0 amide bonds. The maximum absolute atomic E-state index is 4.33. The van der Waals surface area contributed by atoms with Crippen LogP contribution in [0.1, 0.15) is 23.7 Å². The van der Waals surface area contributed by atoms with Crippen molar-refractivity contribution in [2.24, 2.45) is 0 Å². The quantitative estimate of drug-likeness (QED) is 0.853. The molecule has 0 aromatic carbocycles. The molecule has 0 aliphatic carbocycles. The highest BCUT2D eigenvalue weighted by molar-refractivity contribution is 5.16. The fraction of sp³-hybridized carbons (Fsp3) is 0.385. The van der Waals surface area contributed by atoms with E-state index in [1.807, 2.05) is 35.4 Å². The Balaban J connectivity index is 1.88. The fourth-order valence-electron chi connectivity index (χ4n) is 1.82. The molecular formula is C13H18N4. The van der Waals surface area contributed by atoms with Crippen LogP contribution in [0.15, 0.2) is 30.7 Å². The van der Waals surface area contributed by atoms with Gasteiger partial charge in [0.25, 0.3) is 0 Å². The molecule has 0 unspecified atom stereocenters. The van der Waals surface area contributed by atoms with E-state index >= 15 is 0 Å². The average Bonchev–Trinajstić information content (AvgIpc) is 2.72. The van der Waals surface area contributed by atoms with Gasteiger partial charge in [-0.05, 0) is 31.5 Å². The SMILES string of the molecule is CCn1ncc(CNCc2ccncc2)c1C. The van der Waals surface area contributed by atoms with Crippen molar-refractivity contribution in [1.82, 2.24) is 20.1 Å². The minimum absolute atomic E-state index is 0.855. The summed E-state index contributed by atoms with van der Waals surface area (Å²) in [5, 5.41) is 7.74. The third-order valence-corrected chi connectivity index (χ3v) is 2.90. The second kappa shape index (κ2) is 5.59. The zero-order valence-electron chi connectivity index (χ0n) is 10.3. The topological polar surface area (TPSA) is 42.7 Å². The summed E-state index contributed by atoms with van der Waals surface area (Å²) < 4.78 is 2.02. The van der Waals surface area contributed by atoms with Gasteiger partial charge in [0.2, 0.25) is 0 Å². The largest absolute Gasteiger partial charge is 0.308 e. The Morgan fingerprint density at radius 1 is 1.24 bits per heavy atom. The lowest BCUT2D eigenvalue weighted by atomic mass is 10.2. The molecule has 90 valence electrons. The van der Waals surface area contributed by atoms with Crippen molar-refractivity contribution in [2.45, 2.75) is 33.5 Å². The normalized spacial score (nSPS) is 10.7. The minimum atomic E-state index is 0.855. The molecule has 0 saturated carbocycles. The molecule has 2 heterocycles. The first-order valence-electron chi connectivity index (χ1n) is 5.92. The first kappa shape index (κ1) is 11.8. The van der Waals surface area contributed by atoms with E-state index in [0.29, 0.717) is 0 Å². The Labute approximate surface area is 102 Å². The van der Waals surface area contributed by atoms with E-state index in [0.717, 1.165) is 19.6 Å². The summed E-state index contributed by atoms with van der Waals surface area (Å²) in [6.45, 7) is 6.86. The smallest absolute Gasteiger partial charge is 0.0537 e. The molecular weight excluding hydrogens is 212 g/mol. The summed E-state index contributed by atoms with van der Waals surface area (Å²) in [7, 11) is 0. The number of nitrogens with zero attached hydrogens (tertiary/aromatic N) is 3. The van der Waals surface area contributed by atoms with E-state index in [4.69, 9.17) is 0 Å². The number of hydrogen-bond acceptors (Lipinski definition) is 3. The molecule has 0 spiro atoms. The third kappa shape index (κ3) is 2.91. The molecule has 0 aliphatic rings. The lowest BCUT2D eigenvalue weighted by Crippen LogP contribution is -2.13. The van der Waals surface area contributed by atoms with E-state index < -0.39 is 0 Å². The number of pyridine rings is 1. The van der Waals surface area contributed by atoms with Gasteiger partial charge in [-0.15, -0.1) is 0 Å². The Kier molecular flexibility index (Phi) is 3.88. The average molecular weight is 230 g/mol. The summed E-state index contributed by atoms with van der Waals surface area (Å²) >= 11 is 0. The van der Waals surface area contributed by atoms with Crippen molar-refractivity contribution in [1.29, 1.82) is 0 Å². The van der Waals surface area contributed by atoms with Gasteiger partial charge >= 0.3 is 0 Å². The molecule has 0 bridgehead atoms. The summed E-state index contributed by atoms with van der Waals surface area (Å²) in [6.07, 6.45) is 5.58. The summed E-state index contributed by atoms with van der Waals surface area (Å²) in [4.78, 5) is 4.00. The molecule has 0 aliphatic heterocycles. The minimum Gasteiger partial charge on any atom is -0.308 e. The van der Waals surface area contributed by atoms with E-state index in [-0.39, 0.29) is 0 Å². The van der Waals surface area contributed by atoms with Crippen LogP contribution in [-0.4, -0.2) is 14.8 Å². The molecule has 1 N–H and O–H groups in total. The van der Waals surface area contributed by atoms with Gasteiger partial charge in [-0.2, -0.15) is 5.10 Å². The lowest BCUT2D eigenvalue weighted by Gasteiger charge is -2.05. The maximum Gasteiger partial charge on any atom is 0.0537 e. The standard InChI is InChI=1S/C13H18N4/c1-3-17-11(2)13(10-16-17)9-15-8-12-4-6-14-7-5-12/h4-7,10,15H,3,8-9H2,1-2H3. The molecule has 0 fully saturated rings. The molecule has 4 nitrogen and oxygen atoms in total. The maximum atomic E-state index is 4.33. The number of rotatable bonds is 5. The van der Waals surface area contributed by atoms with Crippen LogP contribution in [0.4, 0.5) is 0 Å². The van der Waals surface area contributed by atoms with Gasteiger partial charge in [0.1, 0.15) is 0 Å². The van der Waals surface area contributed by atoms with Crippen LogP contribution in [0.5, 0.6) is 0 Å². The van der Waals surface area contributed by atoms with Crippen molar-refractivity contribution in [2.75, 3.05) is 0 Å². The predicted molar refractivity (Wildman–Crippen MR) is 67.4 cm³/mol. The van der Waals surface area contributed by atoms with Crippen LogP contribution in [0, 0.1) is 6.92 Å². The van der Waals surface area contributed by atoms with Crippen molar-refractivity contribution in [3.63, 3.8) is 0 Å². The first-order chi connectivity index (χ1) is 8.31. The van der Waals surface area contributed by atoms with E-state index in [2.05, 4.69) is 29.2 Å². The number of aromatic nitrogens is 3. The molecule has 0 radical (unpaired) electrons. The molecule has 2 aromatic heterocycles. The molecule has 4 heteroatoms. The van der Waals surface area contributed by atoms with Gasteiger partial charge in [-0.3, -0.25) is 9.67 Å². The van der Waals surface area contributed by atoms with E-state index in [9.17, 15) is 0 Å². The molecule has 17 heavy (non-hydrogen) atoms. The third-order valence-electron chi connectivity index (χ3n) is 2.90. The zero-order chi connectivity index (χ0) is 12.1. The molecule has 2 aromatic rings. The van der Waals surface area contributed by atoms with Crippen molar-refractivity contribution in [3.05, 3.63) is 47.5 Å².